The summed E-state index contributed by atoms with van der Waals surface area (Å²) in [6, 6.07) is 0. The molecule has 0 aromatic carbocycles. The maximum atomic E-state index is 2.63. The van der Waals surface area contributed by atoms with Crippen molar-refractivity contribution in [2.24, 2.45) is 11.8 Å². The minimum absolute atomic E-state index is 0.238. The molecule has 2 atom stereocenters. The smallest absolute Gasteiger partial charge is 0.140 e. The zero-order valence-corrected chi connectivity index (χ0v) is 11.1. The average Bonchev–Trinajstić information content (AvgIpc) is 2.80. The summed E-state index contributed by atoms with van der Waals surface area (Å²) >= 11 is 0. The molecule has 88 valence electrons. The van der Waals surface area contributed by atoms with E-state index in [0.29, 0.717) is 11.8 Å². The summed E-state index contributed by atoms with van der Waals surface area (Å²) in [6.45, 7) is 9.17. The number of hydrogen-bond acceptors (Lipinski definition) is 0. The summed E-state index contributed by atoms with van der Waals surface area (Å²) in [6.07, 6.45) is 7.49. The average molecular weight is 228 g/mol. The highest BCUT2D eigenvalue weighted by Crippen LogP contribution is 2.55. The van der Waals surface area contributed by atoms with E-state index in [1.165, 1.54) is 24.2 Å². The molecule has 2 unspecified atom stereocenters. The highest BCUT2D eigenvalue weighted by Gasteiger charge is 2.76. The third-order valence-electron chi connectivity index (χ3n) is 5.19. The van der Waals surface area contributed by atoms with Crippen LogP contribution in [0.2, 0.25) is 0 Å². The summed E-state index contributed by atoms with van der Waals surface area (Å²) in [5.41, 5.74) is 6.28. The summed E-state index contributed by atoms with van der Waals surface area (Å²) in [4.78, 5) is 0. The zero-order valence-electron chi connectivity index (χ0n) is 11.1. The molecule has 4 rings (SSSR count). The Kier molecular flexibility index (Phi) is 1.52. The van der Waals surface area contributed by atoms with Gasteiger partial charge in [0.25, 0.3) is 0 Å². The molecular formula is C15H20N2+2. The lowest BCUT2D eigenvalue weighted by molar-refractivity contribution is -0.777. The van der Waals surface area contributed by atoms with Crippen molar-refractivity contribution < 1.29 is 9.15 Å². The number of allylic oxidation sites excluding steroid dienone is 2. The van der Waals surface area contributed by atoms with Gasteiger partial charge in [-0.25, -0.2) is 0 Å². The van der Waals surface area contributed by atoms with Crippen molar-refractivity contribution in [1.82, 2.24) is 0 Å². The van der Waals surface area contributed by atoms with Crippen LogP contribution in [0.4, 0.5) is 0 Å². The Morgan fingerprint density at radius 2 is 1.29 bits per heavy atom. The van der Waals surface area contributed by atoms with Gasteiger partial charge in [0.15, 0.2) is 22.8 Å². The molecule has 0 aliphatic carbocycles. The van der Waals surface area contributed by atoms with Gasteiger partial charge in [-0.15, -0.1) is 9.15 Å². The van der Waals surface area contributed by atoms with Gasteiger partial charge in [0.2, 0.25) is 0 Å². The van der Waals surface area contributed by atoms with Crippen LogP contribution in [0, 0.1) is 11.8 Å². The van der Waals surface area contributed by atoms with Crippen molar-refractivity contribution in [3.05, 3.63) is 23.5 Å². The molecule has 2 heteroatoms. The molecule has 0 fully saturated rings. The van der Waals surface area contributed by atoms with E-state index in [-0.39, 0.29) is 5.66 Å². The largest absolute Gasteiger partial charge is 0.375 e. The summed E-state index contributed by atoms with van der Waals surface area (Å²) in [5.74, 6) is 1.39. The molecule has 0 aromatic rings. The van der Waals surface area contributed by atoms with Crippen molar-refractivity contribution in [2.75, 3.05) is 0 Å². The molecule has 2 nitrogen and oxygen atoms in total. The van der Waals surface area contributed by atoms with Gasteiger partial charge in [-0.1, -0.05) is 0 Å². The van der Waals surface area contributed by atoms with E-state index in [2.05, 4.69) is 49.0 Å². The van der Waals surface area contributed by atoms with Gasteiger partial charge in [0, 0.05) is 52.7 Å². The maximum Gasteiger partial charge on any atom is 0.375 e. The number of hydrogen-bond donors (Lipinski definition) is 0. The van der Waals surface area contributed by atoms with Crippen LogP contribution >= 0.6 is 0 Å². The molecule has 4 aliphatic heterocycles. The monoisotopic (exact) mass is 228 g/mol. The fraction of sp³-hybridized carbons (Fsp3) is 0.600. The van der Waals surface area contributed by atoms with Crippen molar-refractivity contribution in [3.8, 4) is 0 Å². The minimum Gasteiger partial charge on any atom is -0.140 e. The second kappa shape index (κ2) is 2.63. The number of rotatable bonds is 0. The van der Waals surface area contributed by atoms with Crippen LogP contribution in [-0.4, -0.2) is 26.2 Å². The molecule has 1 spiro atoms. The van der Waals surface area contributed by atoms with E-state index >= 15 is 0 Å². The Morgan fingerprint density at radius 3 is 1.71 bits per heavy atom. The summed E-state index contributed by atoms with van der Waals surface area (Å²) < 4.78 is 5.26. The van der Waals surface area contributed by atoms with E-state index in [0.717, 1.165) is 0 Å². The van der Waals surface area contributed by atoms with Crippen LogP contribution in [0.3, 0.4) is 0 Å². The first-order valence-electron chi connectivity index (χ1n) is 6.69. The predicted molar refractivity (Wildman–Crippen MR) is 68.3 cm³/mol. The second-order valence-corrected chi connectivity index (χ2v) is 6.16. The predicted octanol–water partition coefficient (Wildman–Crippen LogP) is 2.50. The van der Waals surface area contributed by atoms with Crippen molar-refractivity contribution in [2.45, 2.75) is 46.2 Å². The molecule has 0 radical (unpaired) electrons. The van der Waals surface area contributed by atoms with Crippen LogP contribution < -0.4 is 0 Å². The van der Waals surface area contributed by atoms with Crippen LogP contribution in [-0.2, 0) is 0 Å². The Hall–Kier alpha value is -1.18. The van der Waals surface area contributed by atoms with Crippen molar-refractivity contribution in [1.29, 1.82) is 0 Å². The van der Waals surface area contributed by atoms with Gasteiger partial charge in [0.05, 0.1) is 0 Å². The van der Waals surface area contributed by atoms with Crippen LogP contribution in [0.15, 0.2) is 23.5 Å². The van der Waals surface area contributed by atoms with E-state index in [1.807, 2.05) is 0 Å². The zero-order chi connectivity index (χ0) is 11.9. The van der Waals surface area contributed by atoms with Gasteiger partial charge in [-0.3, -0.25) is 0 Å². The molecule has 4 heterocycles. The van der Waals surface area contributed by atoms with Crippen LogP contribution in [0.25, 0.3) is 0 Å². The maximum absolute atomic E-state index is 2.63. The fourth-order valence-electron chi connectivity index (χ4n) is 5.03. The van der Waals surface area contributed by atoms with Gasteiger partial charge in [-0.05, 0) is 0 Å². The van der Waals surface area contributed by atoms with Gasteiger partial charge in [0.1, 0.15) is 11.8 Å². The molecule has 0 bridgehead atoms. The van der Waals surface area contributed by atoms with Crippen LogP contribution in [0.5, 0.6) is 0 Å². The highest BCUT2D eigenvalue weighted by atomic mass is 15.4. The summed E-state index contributed by atoms with van der Waals surface area (Å²) in [7, 11) is 0. The Bertz CT molecular complexity index is 520. The molecule has 0 amide bonds. The Morgan fingerprint density at radius 1 is 0.882 bits per heavy atom. The normalized spacial score (nSPS) is 42.1. The quantitative estimate of drug-likeness (QED) is 0.562. The van der Waals surface area contributed by atoms with Gasteiger partial charge < -0.3 is 0 Å². The second-order valence-electron chi connectivity index (χ2n) is 6.16. The Labute approximate surface area is 103 Å². The van der Waals surface area contributed by atoms with E-state index in [4.69, 9.17) is 0 Å². The topological polar surface area (TPSA) is 6.02 Å². The first kappa shape index (κ1) is 9.81. The first-order valence-corrected chi connectivity index (χ1v) is 6.69. The first-order chi connectivity index (χ1) is 8.06. The van der Waals surface area contributed by atoms with E-state index in [9.17, 15) is 0 Å². The standard InChI is InChI=1S/C15H20N2/c1-9-5-13-7-11(3)17-12(4)8-14-6-10(2)16(9)15(13,14)17/h5,8,13-14H,6-7H2,1-4H3/q+2. The highest BCUT2D eigenvalue weighted by molar-refractivity contribution is 5.83. The van der Waals surface area contributed by atoms with E-state index in [1.54, 1.807) is 11.4 Å². The van der Waals surface area contributed by atoms with Gasteiger partial charge in [-0.2, -0.15) is 0 Å². The lowest BCUT2D eigenvalue weighted by atomic mass is 9.84. The van der Waals surface area contributed by atoms with E-state index < -0.39 is 0 Å². The molecule has 0 N–H and O–H groups in total. The minimum atomic E-state index is 0.238. The fourth-order valence-corrected chi connectivity index (χ4v) is 5.03. The molecule has 4 aliphatic rings. The summed E-state index contributed by atoms with van der Waals surface area (Å²) in [5, 5.41) is 0. The lowest BCUT2D eigenvalue weighted by Crippen LogP contribution is -2.48. The number of nitrogens with zero attached hydrogens (tertiary/aromatic N) is 2. The third kappa shape index (κ3) is 0.810. The van der Waals surface area contributed by atoms with Gasteiger partial charge >= 0.3 is 5.66 Å². The third-order valence-corrected chi connectivity index (χ3v) is 5.19. The molecule has 0 saturated heterocycles. The van der Waals surface area contributed by atoms with Crippen molar-refractivity contribution in [3.63, 3.8) is 0 Å². The molecular weight excluding hydrogens is 208 g/mol. The Balaban J connectivity index is 2.05. The molecule has 17 heavy (non-hydrogen) atoms. The van der Waals surface area contributed by atoms with Crippen LogP contribution in [0.1, 0.15) is 40.5 Å². The molecule has 0 aromatic heterocycles. The SMILES string of the molecule is CC1=CC2CC(C)=[N+]3C(C)=CC4CC(C)=[N+]1C423. The lowest BCUT2D eigenvalue weighted by Gasteiger charge is -2.18. The molecule has 0 saturated carbocycles. The van der Waals surface area contributed by atoms with Crippen molar-refractivity contribution >= 4 is 11.4 Å².